The van der Waals surface area contributed by atoms with Crippen LogP contribution in [-0.4, -0.2) is 132 Å². The quantitative estimate of drug-likeness (QED) is 0.142. The average Bonchev–Trinajstić information content (AvgIpc) is 3.83. The summed E-state index contributed by atoms with van der Waals surface area (Å²) in [6.45, 7) is 20.6. The van der Waals surface area contributed by atoms with Gasteiger partial charge in [-0.15, -0.1) is 0 Å². The van der Waals surface area contributed by atoms with E-state index in [0.29, 0.717) is 71.3 Å². The maximum absolute atomic E-state index is 11.8. The van der Waals surface area contributed by atoms with Crippen molar-refractivity contribution >= 4 is 0 Å². The van der Waals surface area contributed by atoms with Crippen LogP contribution >= 0.6 is 0 Å². The van der Waals surface area contributed by atoms with Crippen LogP contribution in [0, 0.1) is 106 Å². The van der Waals surface area contributed by atoms with Crippen molar-refractivity contribution in [2.24, 2.45) is 106 Å². The fraction of sp³-hybridized carbons (Fsp3) is 1.00. The monoisotopic (exact) mass is 927 g/mol. The van der Waals surface area contributed by atoms with Gasteiger partial charge in [-0.25, -0.2) is 0 Å². The van der Waals surface area contributed by atoms with E-state index in [0.717, 1.165) is 101 Å². The number of rotatable bonds is 0. The first kappa shape index (κ1) is 50.5. The number of aliphatic hydroxyl groups excluding tert-OH is 5. The fourth-order valence-electron chi connectivity index (χ4n) is 21.2. The van der Waals surface area contributed by atoms with Crippen LogP contribution in [0.1, 0.15) is 164 Å². The topological polar surface area (TPSA) is 180 Å². The Morgan fingerprint density at radius 3 is 1.18 bits per heavy atom. The highest BCUT2D eigenvalue weighted by atomic mass is 16.3. The van der Waals surface area contributed by atoms with Gasteiger partial charge < -0.3 is 41.2 Å². The van der Waals surface area contributed by atoms with E-state index in [2.05, 4.69) is 51.3 Å². The number of hydrogen-bond acceptors (Lipinski definition) is 9. The molecule has 12 rings (SSSR count). The first-order valence-electron chi connectivity index (χ1n) is 28.1. The Morgan fingerprint density at radius 2 is 0.803 bits per heavy atom. The first-order valence-corrected chi connectivity index (χ1v) is 28.1. The summed E-state index contributed by atoms with van der Waals surface area (Å²) in [5.41, 5.74) is -0.729. The van der Waals surface area contributed by atoms with Crippen LogP contribution in [0.25, 0.3) is 0 Å². The van der Waals surface area contributed by atoms with E-state index in [9.17, 15) is 30.6 Å². The second-order valence-corrected chi connectivity index (χ2v) is 27.1. The Bertz CT molecular complexity index is 1560. The molecule has 0 aromatic heterocycles. The van der Waals surface area contributed by atoms with E-state index in [1.165, 1.54) is 64.5 Å². The number of fused-ring (bicyclic) bond motifs is 16. The lowest BCUT2D eigenvalue weighted by Gasteiger charge is -2.60. The van der Waals surface area contributed by atoms with Crippen LogP contribution in [-0.2, 0) is 0 Å². The molecule has 4 aliphatic heterocycles. The van der Waals surface area contributed by atoms with Gasteiger partial charge in [-0.1, -0.05) is 27.7 Å². The standard InChI is InChI=1S/2C27H45NO3.C2H6O.H2O/c2*1-15-4-7-25-27(3,31)21-6-5-17-18(20(21)14-28(25)13-15)11-22-19(17)12-24(30)23-10-16(29)8-9-26(22,23)2;1-2-3;/h2*15-25,29-31H,4-14H2,1-3H3;3H,2H2,1H3;1H2/t2*15-,16-,17+,18+,19-,20-,21-,22-,23+,24-,25-,26+,27-;;/m00../s1. The smallest absolute Gasteiger partial charge is 0.0805 e. The first-order chi connectivity index (χ1) is 30.8. The number of aliphatic hydroxyl groups is 7. The molecule has 8 saturated carbocycles. The second kappa shape index (κ2) is 18.6. The largest absolute Gasteiger partial charge is 0.412 e. The number of nitrogens with zero attached hydrogens (tertiary/aromatic N) is 2. The fourth-order valence-corrected chi connectivity index (χ4v) is 21.2. The lowest BCUT2D eigenvalue weighted by Crippen LogP contribution is -2.67. The Morgan fingerprint density at radius 1 is 0.424 bits per heavy atom. The van der Waals surface area contributed by atoms with Crippen molar-refractivity contribution in [2.45, 2.75) is 212 Å². The number of piperidine rings is 4. The van der Waals surface area contributed by atoms with Gasteiger partial charge in [0.15, 0.2) is 0 Å². The zero-order chi connectivity index (χ0) is 46.1. The Hall–Kier alpha value is -0.400. The Kier molecular flexibility index (Phi) is 14.2. The van der Waals surface area contributed by atoms with Gasteiger partial charge in [0.1, 0.15) is 0 Å². The summed E-state index contributed by atoms with van der Waals surface area (Å²) in [6, 6.07) is 0.711. The predicted molar refractivity (Wildman–Crippen MR) is 259 cm³/mol. The molecule has 4 saturated heterocycles. The van der Waals surface area contributed by atoms with Gasteiger partial charge in [0.05, 0.1) is 35.6 Å². The Labute approximate surface area is 399 Å². The summed E-state index contributed by atoms with van der Waals surface area (Å²) < 4.78 is 0. The maximum Gasteiger partial charge on any atom is 0.0805 e. The van der Waals surface area contributed by atoms with E-state index in [-0.39, 0.29) is 59.2 Å². The van der Waals surface area contributed by atoms with Gasteiger partial charge in [0.2, 0.25) is 0 Å². The van der Waals surface area contributed by atoms with Crippen LogP contribution in [0.4, 0.5) is 0 Å². The van der Waals surface area contributed by atoms with E-state index in [1.54, 1.807) is 6.92 Å². The van der Waals surface area contributed by atoms with Crippen LogP contribution in [0.5, 0.6) is 0 Å². The zero-order valence-corrected chi connectivity index (χ0v) is 42.5. The SMILES string of the molecule is CCO.C[C@H]1CC[C@@H]2N(C1)C[C@H]1[C@@H]3C[C@H]4[C@@H](C[C@H](O)[C@H]5C[C@@H](O)CC[C@@]54C)[C@@H]3CC[C@@H]1[C@]2(C)O.C[C@H]1CC[C@@H]2N(C1)C[C@H]1[C@@H]3C[C@H]4[C@@H](C[C@H](O)[C@H]5C[C@@H](O)CC[C@@]54C)[C@@H]3CC[C@@H]1[C@]2(C)O.O. The van der Waals surface area contributed by atoms with Crippen molar-refractivity contribution in [1.29, 1.82) is 0 Å². The van der Waals surface area contributed by atoms with Crippen molar-refractivity contribution in [3.63, 3.8) is 0 Å². The third-order valence-corrected chi connectivity index (χ3v) is 24.1. The lowest BCUT2D eigenvalue weighted by atomic mass is 9.51. The molecule has 12 fully saturated rings. The molecule has 0 spiro atoms. The predicted octanol–water partition coefficient (Wildman–Crippen LogP) is 6.53. The van der Waals surface area contributed by atoms with Gasteiger partial charge in [0, 0.05) is 44.9 Å². The van der Waals surface area contributed by atoms with Gasteiger partial charge >= 0.3 is 0 Å². The molecule has 380 valence electrons. The molecule has 9 N–H and O–H groups in total. The molecular weight excluding hydrogens is 829 g/mol. The summed E-state index contributed by atoms with van der Waals surface area (Å²) in [4.78, 5) is 5.35. The normalized spacial score (nSPS) is 58.1. The lowest BCUT2D eigenvalue weighted by molar-refractivity contribution is -0.176. The highest BCUT2D eigenvalue weighted by molar-refractivity contribution is 5.16. The summed E-state index contributed by atoms with van der Waals surface area (Å²) >= 11 is 0. The van der Waals surface area contributed by atoms with E-state index in [4.69, 9.17) is 5.11 Å². The number of hydrogen-bond donors (Lipinski definition) is 7. The van der Waals surface area contributed by atoms with Crippen LogP contribution in [0.3, 0.4) is 0 Å². The zero-order valence-electron chi connectivity index (χ0n) is 42.5. The summed E-state index contributed by atoms with van der Waals surface area (Å²) in [5.74, 6) is 9.79. The molecule has 10 heteroatoms. The van der Waals surface area contributed by atoms with E-state index < -0.39 is 11.2 Å². The minimum absolute atomic E-state index is 0. The van der Waals surface area contributed by atoms with Crippen molar-refractivity contribution < 1.29 is 41.2 Å². The van der Waals surface area contributed by atoms with Gasteiger partial charge in [-0.05, 0) is 242 Å². The molecule has 4 heterocycles. The molecule has 0 aromatic rings. The van der Waals surface area contributed by atoms with Gasteiger partial charge in [-0.3, -0.25) is 9.80 Å². The minimum atomic E-state index is -0.553. The summed E-state index contributed by atoms with van der Waals surface area (Å²) in [6.07, 6.45) is 18.9. The van der Waals surface area contributed by atoms with Crippen LogP contribution in [0.15, 0.2) is 0 Å². The molecule has 26 atom stereocenters. The molecule has 0 unspecified atom stereocenters. The van der Waals surface area contributed by atoms with Crippen molar-refractivity contribution in [2.75, 3.05) is 32.8 Å². The molecule has 0 amide bonds. The second-order valence-electron chi connectivity index (χ2n) is 27.1. The van der Waals surface area contributed by atoms with Crippen LogP contribution < -0.4 is 0 Å². The minimum Gasteiger partial charge on any atom is -0.412 e. The summed E-state index contributed by atoms with van der Waals surface area (Å²) in [5, 5.41) is 74.2. The molecule has 8 aliphatic carbocycles. The van der Waals surface area contributed by atoms with Crippen molar-refractivity contribution in [1.82, 2.24) is 9.80 Å². The third kappa shape index (κ3) is 8.08. The van der Waals surface area contributed by atoms with Crippen LogP contribution in [0.2, 0.25) is 0 Å². The Balaban J connectivity index is 0.000000155. The molecule has 66 heavy (non-hydrogen) atoms. The molecule has 10 nitrogen and oxygen atoms in total. The van der Waals surface area contributed by atoms with Gasteiger partial charge in [0.25, 0.3) is 0 Å². The van der Waals surface area contributed by atoms with Gasteiger partial charge in [-0.2, -0.15) is 0 Å². The van der Waals surface area contributed by atoms with E-state index in [1.807, 2.05) is 0 Å². The highest BCUT2D eigenvalue weighted by Crippen LogP contribution is 2.69. The van der Waals surface area contributed by atoms with E-state index >= 15 is 0 Å². The highest BCUT2D eigenvalue weighted by Gasteiger charge is 2.66. The maximum atomic E-state index is 11.8. The molecule has 0 bridgehead atoms. The molecule has 12 aliphatic rings. The van der Waals surface area contributed by atoms with Crippen molar-refractivity contribution in [3.05, 3.63) is 0 Å². The summed E-state index contributed by atoms with van der Waals surface area (Å²) in [7, 11) is 0. The molecule has 0 radical (unpaired) electrons. The molecule has 0 aromatic carbocycles. The average molecular weight is 927 g/mol. The van der Waals surface area contributed by atoms with Crippen molar-refractivity contribution in [3.8, 4) is 0 Å². The molecular formula is C56H98N2O8. The third-order valence-electron chi connectivity index (χ3n) is 24.1.